The van der Waals surface area contributed by atoms with Crippen LogP contribution in [0, 0.1) is 11.8 Å². The Labute approximate surface area is 133 Å². The lowest BCUT2D eigenvalue weighted by atomic mass is 9.52. The number of hydrogen-bond acceptors (Lipinski definition) is 2. The first-order valence-electron chi connectivity index (χ1n) is 9.33. The smallest absolute Gasteiger partial charge is 0.115 e. The first kappa shape index (κ1) is 13.4. The normalized spacial score (nSPS) is 37.5. The third kappa shape index (κ3) is 1.89. The van der Waals surface area contributed by atoms with Gasteiger partial charge >= 0.3 is 0 Å². The van der Waals surface area contributed by atoms with Crippen molar-refractivity contribution in [2.24, 2.45) is 11.8 Å². The van der Waals surface area contributed by atoms with Gasteiger partial charge in [0.2, 0.25) is 0 Å². The first-order chi connectivity index (χ1) is 10.8. The van der Waals surface area contributed by atoms with E-state index in [0.29, 0.717) is 11.2 Å². The van der Waals surface area contributed by atoms with E-state index in [1.807, 2.05) is 6.07 Å². The zero-order valence-corrected chi connectivity index (χ0v) is 13.4. The second kappa shape index (κ2) is 4.74. The fourth-order valence-corrected chi connectivity index (χ4v) is 5.93. The van der Waals surface area contributed by atoms with Crippen molar-refractivity contribution >= 4 is 0 Å². The minimum atomic E-state index is 0.384. The number of nitrogens with zero attached hydrogens (tertiary/aromatic N) is 1. The Kier molecular flexibility index (Phi) is 2.89. The molecule has 0 radical (unpaired) electrons. The predicted molar refractivity (Wildman–Crippen MR) is 88.1 cm³/mol. The molecule has 0 aromatic heterocycles. The highest BCUT2D eigenvalue weighted by Crippen LogP contribution is 2.56. The molecule has 1 aromatic rings. The van der Waals surface area contributed by atoms with Crippen LogP contribution in [0.15, 0.2) is 18.2 Å². The van der Waals surface area contributed by atoms with Gasteiger partial charge in [-0.25, -0.2) is 0 Å². The molecule has 3 aliphatic carbocycles. The zero-order chi connectivity index (χ0) is 14.7. The molecule has 0 amide bonds. The molecule has 1 saturated heterocycles. The van der Waals surface area contributed by atoms with Crippen LogP contribution in [0.3, 0.4) is 0 Å². The van der Waals surface area contributed by atoms with E-state index in [0.717, 1.165) is 17.9 Å². The number of phenols is 1. The van der Waals surface area contributed by atoms with Crippen molar-refractivity contribution in [1.82, 2.24) is 4.90 Å². The molecule has 2 unspecified atom stereocenters. The number of piperidine rings is 1. The van der Waals surface area contributed by atoms with Gasteiger partial charge in [-0.05, 0) is 80.2 Å². The number of phenolic OH excluding ortho intramolecular Hbond substituents is 1. The summed E-state index contributed by atoms with van der Waals surface area (Å²) in [6, 6.07) is 7.00. The molecule has 2 heteroatoms. The summed E-state index contributed by atoms with van der Waals surface area (Å²) in [6.07, 6.45) is 11.0. The maximum Gasteiger partial charge on any atom is 0.115 e. The highest BCUT2D eigenvalue weighted by atomic mass is 16.3. The van der Waals surface area contributed by atoms with E-state index in [1.54, 1.807) is 0 Å². The molecule has 0 spiro atoms. The van der Waals surface area contributed by atoms with Gasteiger partial charge in [-0.3, -0.25) is 4.90 Å². The van der Waals surface area contributed by atoms with Gasteiger partial charge in [0.05, 0.1) is 0 Å². The van der Waals surface area contributed by atoms with Crippen molar-refractivity contribution < 1.29 is 5.11 Å². The molecule has 1 heterocycles. The molecule has 1 N–H and O–H groups in total. The molecule has 2 nitrogen and oxygen atoms in total. The topological polar surface area (TPSA) is 23.5 Å². The molecule has 3 fully saturated rings. The van der Waals surface area contributed by atoms with E-state index >= 15 is 0 Å². The van der Waals surface area contributed by atoms with Gasteiger partial charge in [-0.1, -0.05) is 18.9 Å². The standard InChI is InChI=1S/C20H27NO/c22-16-7-6-15-11-19-17-3-1-2-8-20(17,18(15)12-16)9-10-21(19)13-14-4-5-14/h6-7,12,14,17,19,22H,1-5,8-11,13H2/t17-,19?,20?/m0/s1. The molecule has 5 rings (SSSR count). The predicted octanol–water partition coefficient (Wildman–Crippen LogP) is 3.86. The van der Waals surface area contributed by atoms with E-state index in [2.05, 4.69) is 17.0 Å². The molecule has 2 saturated carbocycles. The minimum Gasteiger partial charge on any atom is -0.508 e. The fraction of sp³-hybridized carbons (Fsp3) is 0.700. The van der Waals surface area contributed by atoms with Gasteiger partial charge in [0.1, 0.15) is 5.75 Å². The second-order valence-electron chi connectivity index (χ2n) is 8.31. The van der Waals surface area contributed by atoms with Crippen molar-refractivity contribution in [3.05, 3.63) is 29.3 Å². The summed E-state index contributed by atoms with van der Waals surface area (Å²) in [6.45, 7) is 2.64. The molecule has 1 aliphatic heterocycles. The van der Waals surface area contributed by atoms with E-state index < -0.39 is 0 Å². The highest BCUT2D eigenvalue weighted by molar-refractivity contribution is 5.45. The van der Waals surface area contributed by atoms with Crippen LogP contribution in [-0.4, -0.2) is 29.1 Å². The third-order valence-electron chi connectivity index (χ3n) is 7.12. The summed E-state index contributed by atoms with van der Waals surface area (Å²) in [5, 5.41) is 10.0. The minimum absolute atomic E-state index is 0.384. The van der Waals surface area contributed by atoms with Gasteiger partial charge in [0.25, 0.3) is 0 Å². The Hall–Kier alpha value is -1.02. The lowest BCUT2D eigenvalue weighted by Gasteiger charge is -2.59. The van der Waals surface area contributed by atoms with Crippen molar-refractivity contribution in [2.45, 2.75) is 62.8 Å². The average Bonchev–Trinajstić information content (AvgIpc) is 3.35. The molecule has 22 heavy (non-hydrogen) atoms. The number of likely N-dealkylation sites (tertiary alicyclic amines) is 1. The summed E-state index contributed by atoms with van der Waals surface area (Å²) >= 11 is 0. The third-order valence-corrected chi connectivity index (χ3v) is 7.12. The summed E-state index contributed by atoms with van der Waals surface area (Å²) in [4.78, 5) is 2.85. The average molecular weight is 297 g/mol. The van der Waals surface area contributed by atoms with Gasteiger partial charge in [0.15, 0.2) is 0 Å². The number of fused-ring (bicyclic) bond motifs is 1. The van der Waals surface area contributed by atoms with Crippen LogP contribution < -0.4 is 0 Å². The summed E-state index contributed by atoms with van der Waals surface area (Å²) < 4.78 is 0. The molecule has 1 aromatic carbocycles. The van der Waals surface area contributed by atoms with Crippen molar-refractivity contribution in [2.75, 3.05) is 13.1 Å². The van der Waals surface area contributed by atoms with Crippen LogP contribution in [0.4, 0.5) is 0 Å². The Morgan fingerprint density at radius 1 is 1.14 bits per heavy atom. The van der Waals surface area contributed by atoms with E-state index in [1.165, 1.54) is 75.6 Å². The first-order valence-corrected chi connectivity index (χ1v) is 9.33. The fourth-order valence-electron chi connectivity index (χ4n) is 5.93. The molecule has 3 atom stereocenters. The second-order valence-corrected chi connectivity index (χ2v) is 8.31. The molecule has 118 valence electrons. The van der Waals surface area contributed by atoms with Gasteiger partial charge < -0.3 is 5.11 Å². The Balaban J connectivity index is 1.58. The van der Waals surface area contributed by atoms with Crippen LogP contribution in [-0.2, 0) is 11.8 Å². The highest BCUT2D eigenvalue weighted by Gasteiger charge is 2.54. The Bertz CT molecular complexity index is 593. The number of rotatable bonds is 2. The van der Waals surface area contributed by atoms with Crippen molar-refractivity contribution in [3.8, 4) is 5.75 Å². The quantitative estimate of drug-likeness (QED) is 0.896. The maximum atomic E-state index is 10.0. The number of aromatic hydroxyl groups is 1. The van der Waals surface area contributed by atoms with Crippen molar-refractivity contribution in [3.63, 3.8) is 0 Å². The monoisotopic (exact) mass is 297 g/mol. The summed E-state index contributed by atoms with van der Waals surface area (Å²) in [7, 11) is 0. The van der Waals surface area contributed by atoms with Crippen LogP contribution >= 0.6 is 0 Å². The SMILES string of the molecule is Oc1ccc2c(c1)C13CCCC[C@H]1C(C2)N(CC1CC1)CC3. The Morgan fingerprint density at radius 2 is 2.05 bits per heavy atom. The van der Waals surface area contributed by atoms with Crippen molar-refractivity contribution in [1.29, 1.82) is 0 Å². The lowest BCUT2D eigenvalue weighted by molar-refractivity contribution is -0.0134. The number of benzene rings is 1. The molecule has 4 aliphatic rings. The van der Waals surface area contributed by atoms with E-state index in [-0.39, 0.29) is 0 Å². The zero-order valence-electron chi connectivity index (χ0n) is 13.4. The molecular formula is C20H27NO. The van der Waals surface area contributed by atoms with Gasteiger partial charge in [0, 0.05) is 18.0 Å². The maximum absolute atomic E-state index is 10.0. The van der Waals surface area contributed by atoms with Crippen LogP contribution in [0.5, 0.6) is 5.75 Å². The summed E-state index contributed by atoms with van der Waals surface area (Å²) in [5.74, 6) is 2.30. The van der Waals surface area contributed by atoms with E-state index in [9.17, 15) is 5.11 Å². The van der Waals surface area contributed by atoms with E-state index in [4.69, 9.17) is 0 Å². The van der Waals surface area contributed by atoms with Gasteiger partial charge in [-0.15, -0.1) is 0 Å². The Morgan fingerprint density at radius 3 is 2.91 bits per heavy atom. The van der Waals surface area contributed by atoms with Crippen LogP contribution in [0.1, 0.15) is 56.1 Å². The van der Waals surface area contributed by atoms with Gasteiger partial charge in [-0.2, -0.15) is 0 Å². The molecular weight excluding hydrogens is 270 g/mol. The summed E-state index contributed by atoms with van der Waals surface area (Å²) in [5.41, 5.74) is 3.43. The van der Waals surface area contributed by atoms with Crippen LogP contribution in [0.2, 0.25) is 0 Å². The number of hydrogen-bond donors (Lipinski definition) is 1. The van der Waals surface area contributed by atoms with Crippen LogP contribution in [0.25, 0.3) is 0 Å². The lowest BCUT2D eigenvalue weighted by Crippen LogP contribution is -2.61. The largest absolute Gasteiger partial charge is 0.508 e. The molecule has 2 bridgehead atoms.